The molecule has 1 N–H and O–H groups in total. The van der Waals surface area contributed by atoms with E-state index in [-0.39, 0.29) is 0 Å². The van der Waals surface area contributed by atoms with Crippen molar-refractivity contribution in [2.45, 2.75) is 33.7 Å². The molecule has 0 amide bonds. The number of rotatable bonds is 5. The van der Waals surface area contributed by atoms with Crippen LogP contribution in [0.2, 0.25) is 0 Å². The highest BCUT2D eigenvalue weighted by Gasteiger charge is 2.27. The van der Waals surface area contributed by atoms with Gasteiger partial charge in [0.2, 0.25) is 0 Å². The van der Waals surface area contributed by atoms with Gasteiger partial charge in [-0.15, -0.1) is 0 Å². The maximum Gasteiger partial charge on any atom is 0.309 e. The SMILES string of the molecule is COc1ccc2c3ccnc(C)c3n(CCC(C)(C)C(=O)O)c2c1. The molecule has 5 nitrogen and oxygen atoms in total. The Kier molecular flexibility index (Phi) is 3.95. The van der Waals surface area contributed by atoms with Crippen molar-refractivity contribution in [2.24, 2.45) is 5.41 Å². The van der Waals surface area contributed by atoms with Crippen molar-refractivity contribution in [1.29, 1.82) is 0 Å². The average Bonchev–Trinajstić information content (AvgIpc) is 2.87. The summed E-state index contributed by atoms with van der Waals surface area (Å²) >= 11 is 0. The van der Waals surface area contributed by atoms with Gasteiger partial charge >= 0.3 is 5.97 Å². The Morgan fingerprint density at radius 1 is 1.29 bits per heavy atom. The summed E-state index contributed by atoms with van der Waals surface area (Å²) in [6.07, 6.45) is 2.35. The van der Waals surface area contributed by atoms with E-state index in [1.807, 2.05) is 31.3 Å². The van der Waals surface area contributed by atoms with Crippen LogP contribution < -0.4 is 4.74 Å². The Labute approximate surface area is 140 Å². The number of aliphatic carboxylic acids is 1. The predicted molar refractivity (Wildman–Crippen MR) is 94.6 cm³/mol. The minimum atomic E-state index is -0.782. The van der Waals surface area contributed by atoms with Gasteiger partial charge in [-0.05, 0) is 45.4 Å². The van der Waals surface area contributed by atoms with E-state index in [1.54, 1.807) is 21.0 Å². The Morgan fingerprint density at radius 2 is 2.04 bits per heavy atom. The Hall–Kier alpha value is -2.56. The van der Waals surface area contributed by atoms with Gasteiger partial charge in [0.1, 0.15) is 5.75 Å². The minimum Gasteiger partial charge on any atom is -0.497 e. The first-order chi connectivity index (χ1) is 11.3. The zero-order chi connectivity index (χ0) is 17.5. The van der Waals surface area contributed by atoms with E-state index in [1.165, 1.54) is 0 Å². The monoisotopic (exact) mass is 326 g/mol. The normalized spacial score (nSPS) is 12.0. The number of hydrogen-bond acceptors (Lipinski definition) is 3. The Bertz CT molecular complexity index is 925. The highest BCUT2D eigenvalue weighted by Crippen LogP contribution is 2.34. The molecule has 0 fully saturated rings. The van der Waals surface area contributed by atoms with E-state index >= 15 is 0 Å². The second-order valence-corrected chi connectivity index (χ2v) is 6.77. The number of pyridine rings is 1. The minimum absolute atomic E-state index is 0.534. The summed E-state index contributed by atoms with van der Waals surface area (Å²) in [5.41, 5.74) is 2.26. The van der Waals surface area contributed by atoms with Gasteiger partial charge < -0.3 is 14.4 Å². The highest BCUT2D eigenvalue weighted by atomic mass is 16.5. The molecular weight excluding hydrogens is 304 g/mol. The second-order valence-electron chi connectivity index (χ2n) is 6.77. The van der Waals surface area contributed by atoms with Gasteiger partial charge in [0.05, 0.1) is 29.3 Å². The summed E-state index contributed by atoms with van der Waals surface area (Å²) in [7, 11) is 1.65. The van der Waals surface area contributed by atoms with Crippen LogP contribution in [0, 0.1) is 12.3 Å². The third-order valence-corrected chi connectivity index (χ3v) is 4.70. The maximum absolute atomic E-state index is 11.4. The highest BCUT2D eigenvalue weighted by molar-refractivity contribution is 6.09. The van der Waals surface area contributed by atoms with Crippen LogP contribution in [0.15, 0.2) is 30.5 Å². The molecule has 3 rings (SSSR count). The molecule has 126 valence electrons. The number of carboxylic acid groups (broad SMARTS) is 1. The molecule has 0 saturated heterocycles. The number of carboxylic acids is 1. The fraction of sp³-hybridized carbons (Fsp3) is 0.368. The number of hydrogen-bond donors (Lipinski definition) is 1. The lowest BCUT2D eigenvalue weighted by Gasteiger charge is -2.20. The quantitative estimate of drug-likeness (QED) is 0.769. The van der Waals surface area contributed by atoms with Crippen LogP contribution in [0.25, 0.3) is 21.8 Å². The number of aromatic nitrogens is 2. The number of methoxy groups -OCH3 is 1. The molecule has 0 bridgehead atoms. The summed E-state index contributed by atoms with van der Waals surface area (Å²) in [5, 5.41) is 11.7. The molecule has 0 radical (unpaired) electrons. The molecule has 0 atom stereocenters. The molecule has 2 aromatic heterocycles. The maximum atomic E-state index is 11.4. The van der Waals surface area contributed by atoms with Crippen LogP contribution in [-0.2, 0) is 11.3 Å². The van der Waals surface area contributed by atoms with E-state index in [2.05, 4.69) is 15.6 Å². The molecule has 3 aromatic rings. The summed E-state index contributed by atoms with van der Waals surface area (Å²) in [4.78, 5) is 15.9. The molecule has 0 aliphatic carbocycles. The van der Waals surface area contributed by atoms with E-state index < -0.39 is 11.4 Å². The lowest BCUT2D eigenvalue weighted by molar-refractivity contribution is -0.147. The van der Waals surface area contributed by atoms with Crippen LogP contribution in [0.1, 0.15) is 26.0 Å². The van der Waals surface area contributed by atoms with Crippen molar-refractivity contribution in [3.8, 4) is 5.75 Å². The third-order valence-electron chi connectivity index (χ3n) is 4.70. The number of carbonyl (C=O) groups is 1. The van der Waals surface area contributed by atoms with Gasteiger partial charge in [-0.1, -0.05) is 0 Å². The summed E-state index contributed by atoms with van der Waals surface area (Å²) < 4.78 is 7.53. The van der Waals surface area contributed by atoms with Gasteiger partial charge in [-0.2, -0.15) is 0 Å². The smallest absolute Gasteiger partial charge is 0.309 e. The number of benzene rings is 1. The van der Waals surface area contributed by atoms with Gasteiger partial charge in [0.15, 0.2) is 0 Å². The molecular formula is C19H22N2O3. The van der Waals surface area contributed by atoms with Crippen molar-refractivity contribution in [1.82, 2.24) is 9.55 Å². The van der Waals surface area contributed by atoms with Gasteiger partial charge in [0.25, 0.3) is 0 Å². The summed E-state index contributed by atoms with van der Waals surface area (Å²) in [6, 6.07) is 8.01. The van der Waals surface area contributed by atoms with E-state index in [9.17, 15) is 9.90 Å². The van der Waals surface area contributed by atoms with Crippen molar-refractivity contribution in [2.75, 3.05) is 7.11 Å². The molecule has 0 spiro atoms. The molecule has 5 heteroatoms. The molecule has 1 aromatic carbocycles. The number of aryl methyl sites for hydroxylation is 2. The van der Waals surface area contributed by atoms with Crippen LogP contribution in [0.4, 0.5) is 0 Å². The van der Waals surface area contributed by atoms with Gasteiger partial charge in [-0.25, -0.2) is 0 Å². The van der Waals surface area contributed by atoms with E-state index in [4.69, 9.17) is 4.74 Å². The van der Waals surface area contributed by atoms with Gasteiger partial charge in [0, 0.05) is 29.6 Å². The molecule has 2 heterocycles. The molecule has 0 aliphatic heterocycles. The van der Waals surface area contributed by atoms with Gasteiger partial charge in [-0.3, -0.25) is 9.78 Å². The van der Waals surface area contributed by atoms with E-state index in [0.717, 1.165) is 33.2 Å². The molecule has 0 unspecified atom stereocenters. The summed E-state index contributed by atoms with van der Waals surface area (Å²) in [6.45, 7) is 6.11. The fourth-order valence-electron chi connectivity index (χ4n) is 3.06. The topological polar surface area (TPSA) is 64.4 Å². The first kappa shape index (κ1) is 16.3. The number of ether oxygens (including phenoxy) is 1. The van der Waals surface area contributed by atoms with Crippen LogP contribution in [-0.4, -0.2) is 27.7 Å². The lowest BCUT2D eigenvalue weighted by Crippen LogP contribution is -2.25. The van der Waals surface area contributed by atoms with Crippen molar-refractivity contribution < 1.29 is 14.6 Å². The standard InChI is InChI=1S/C19H22N2O3/c1-12-17-15(7-9-20-12)14-6-5-13(24-4)11-16(14)21(17)10-8-19(2,3)18(22)23/h5-7,9,11H,8,10H2,1-4H3,(H,22,23). The zero-order valence-corrected chi connectivity index (χ0v) is 14.5. The zero-order valence-electron chi connectivity index (χ0n) is 14.5. The van der Waals surface area contributed by atoms with E-state index in [0.29, 0.717) is 13.0 Å². The number of fused-ring (bicyclic) bond motifs is 3. The Morgan fingerprint density at radius 3 is 2.71 bits per heavy atom. The first-order valence-electron chi connectivity index (χ1n) is 8.00. The Balaban J connectivity index is 2.20. The summed E-state index contributed by atoms with van der Waals surface area (Å²) in [5.74, 6) is 0.00496. The molecule has 24 heavy (non-hydrogen) atoms. The molecule has 0 aliphatic rings. The molecule has 0 saturated carbocycles. The third kappa shape index (κ3) is 2.60. The predicted octanol–water partition coefficient (Wildman–Crippen LogP) is 4.01. The van der Waals surface area contributed by atoms with Crippen LogP contribution >= 0.6 is 0 Å². The van der Waals surface area contributed by atoms with Crippen molar-refractivity contribution >= 4 is 27.8 Å². The van der Waals surface area contributed by atoms with Crippen LogP contribution in [0.3, 0.4) is 0 Å². The first-order valence-corrected chi connectivity index (χ1v) is 8.00. The largest absolute Gasteiger partial charge is 0.497 e. The average molecular weight is 326 g/mol. The fourth-order valence-corrected chi connectivity index (χ4v) is 3.06. The lowest BCUT2D eigenvalue weighted by atomic mass is 9.89. The second kappa shape index (κ2) is 5.82. The van der Waals surface area contributed by atoms with Crippen molar-refractivity contribution in [3.05, 3.63) is 36.2 Å². The van der Waals surface area contributed by atoms with Crippen LogP contribution in [0.5, 0.6) is 5.75 Å². The number of nitrogens with zero attached hydrogens (tertiary/aromatic N) is 2. The van der Waals surface area contributed by atoms with Crippen molar-refractivity contribution in [3.63, 3.8) is 0 Å².